The lowest BCUT2D eigenvalue weighted by atomic mass is 10.2. The van der Waals surface area contributed by atoms with E-state index in [-0.39, 0.29) is 23.2 Å². The van der Waals surface area contributed by atoms with Gasteiger partial charge in [-0.1, -0.05) is 17.4 Å². The Morgan fingerprint density at radius 1 is 1.09 bits per heavy atom. The van der Waals surface area contributed by atoms with Crippen molar-refractivity contribution >= 4 is 55.0 Å². The van der Waals surface area contributed by atoms with E-state index in [1.165, 1.54) is 27.8 Å². The molecule has 3 aromatic rings. The monoisotopic (exact) mass is 538 g/mol. The number of sulfonamides is 1. The summed E-state index contributed by atoms with van der Waals surface area (Å²) in [6.45, 7) is 4.64. The van der Waals surface area contributed by atoms with Crippen LogP contribution in [-0.4, -0.2) is 75.4 Å². The van der Waals surface area contributed by atoms with E-state index >= 15 is 0 Å². The van der Waals surface area contributed by atoms with Gasteiger partial charge < -0.3 is 9.64 Å². The summed E-state index contributed by atoms with van der Waals surface area (Å²) in [6, 6.07) is 12.0. The first-order valence-electron chi connectivity index (χ1n) is 11.4. The topological polar surface area (TPSA) is 83.0 Å². The van der Waals surface area contributed by atoms with E-state index < -0.39 is 10.0 Å². The van der Waals surface area contributed by atoms with Gasteiger partial charge in [-0.2, -0.15) is 4.31 Å². The predicted octanol–water partition coefficient (Wildman–Crippen LogP) is 4.11. The Labute approximate surface area is 217 Å². The summed E-state index contributed by atoms with van der Waals surface area (Å²) >= 11 is 1.44. The number of hydrogen-bond donors (Lipinski definition) is 0. The van der Waals surface area contributed by atoms with Gasteiger partial charge in [-0.15, -0.1) is 12.4 Å². The molecule has 0 saturated carbocycles. The number of fused-ring (bicyclic) bond motifs is 1. The maximum Gasteiger partial charge on any atom is 0.260 e. The number of para-hydroxylation sites is 1. The average molecular weight is 539 g/mol. The summed E-state index contributed by atoms with van der Waals surface area (Å²) in [4.78, 5) is 22.2. The number of nitrogens with zero attached hydrogens (tertiary/aromatic N) is 4. The summed E-state index contributed by atoms with van der Waals surface area (Å²) in [5, 5.41) is 0.586. The van der Waals surface area contributed by atoms with Crippen molar-refractivity contribution in [2.24, 2.45) is 0 Å². The van der Waals surface area contributed by atoms with Crippen LogP contribution in [0.5, 0.6) is 5.75 Å². The van der Waals surface area contributed by atoms with Crippen molar-refractivity contribution in [1.29, 1.82) is 0 Å². The number of thiazole rings is 1. The molecule has 0 radical (unpaired) electrons. The first-order chi connectivity index (χ1) is 16.3. The molecule has 2 heterocycles. The maximum atomic E-state index is 13.5. The number of rotatable bonds is 9. The Kier molecular flexibility index (Phi) is 9.11. The van der Waals surface area contributed by atoms with Crippen LogP contribution in [0.1, 0.15) is 30.1 Å². The Morgan fingerprint density at radius 3 is 2.40 bits per heavy atom. The number of amides is 1. The van der Waals surface area contributed by atoms with Gasteiger partial charge in [0.2, 0.25) is 10.0 Å². The average Bonchev–Trinajstić information content (AvgIpc) is 3.50. The lowest BCUT2D eigenvalue weighted by Crippen LogP contribution is -2.36. The van der Waals surface area contributed by atoms with Gasteiger partial charge in [0.15, 0.2) is 5.13 Å². The first-order valence-corrected chi connectivity index (χ1v) is 13.7. The molecule has 1 fully saturated rings. The maximum absolute atomic E-state index is 13.5. The Bertz CT molecular complexity index is 1260. The van der Waals surface area contributed by atoms with Gasteiger partial charge in [0.05, 0.1) is 16.2 Å². The molecule has 4 rings (SSSR count). The molecular formula is C24H31ClN4O4S2. The highest BCUT2D eigenvalue weighted by atomic mass is 35.5. The van der Waals surface area contributed by atoms with Crippen LogP contribution in [0.4, 0.5) is 5.13 Å². The molecule has 2 aromatic carbocycles. The number of hydrogen-bond acceptors (Lipinski definition) is 7. The number of benzene rings is 2. The normalized spacial score (nSPS) is 14.3. The van der Waals surface area contributed by atoms with Crippen LogP contribution < -0.4 is 9.64 Å². The smallest absolute Gasteiger partial charge is 0.260 e. The third kappa shape index (κ3) is 5.95. The van der Waals surface area contributed by atoms with Crippen molar-refractivity contribution in [2.75, 3.05) is 51.8 Å². The Balaban J connectivity index is 0.00000342. The molecular weight excluding hydrogens is 508 g/mol. The number of carbonyl (C=O) groups is 1. The quantitative estimate of drug-likeness (QED) is 0.408. The molecule has 1 aliphatic heterocycles. The van der Waals surface area contributed by atoms with Crippen molar-refractivity contribution < 1.29 is 17.9 Å². The summed E-state index contributed by atoms with van der Waals surface area (Å²) in [6.07, 6.45) is 1.76. The van der Waals surface area contributed by atoms with Crippen LogP contribution in [0.25, 0.3) is 10.2 Å². The lowest BCUT2D eigenvalue weighted by Gasteiger charge is -2.22. The van der Waals surface area contributed by atoms with Crippen molar-refractivity contribution in [3.05, 3.63) is 48.0 Å². The van der Waals surface area contributed by atoms with E-state index in [0.717, 1.165) is 23.1 Å². The van der Waals surface area contributed by atoms with Crippen LogP contribution in [0.2, 0.25) is 0 Å². The van der Waals surface area contributed by atoms with E-state index in [1.807, 2.05) is 44.1 Å². The van der Waals surface area contributed by atoms with Crippen molar-refractivity contribution in [3.8, 4) is 5.75 Å². The third-order valence-electron chi connectivity index (χ3n) is 5.72. The van der Waals surface area contributed by atoms with Gasteiger partial charge >= 0.3 is 0 Å². The molecule has 35 heavy (non-hydrogen) atoms. The minimum absolute atomic E-state index is 0. The van der Waals surface area contributed by atoms with Crippen LogP contribution in [0.15, 0.2) is 47.4 Å². The molecule has 1 aliphatic rings. The second kappa shape index (κ2) is 11.7. The van der Waals surface area contributed by atoms with E-state index in [0.29, 0.717) is 49.2 Å². The minimum Gasteiger partial charge on any atom is -0.492 e. The van der Waals surface area contributed by atoms with Gasteiger partial charge in [0, 0.05) is 31.7 Å². The summed E-state index contributed by atoms with van der Waals surface area (Å²) in [7, 11) is 0.376. The fourth-order valence-electron chi connectivity index (χ4n) is 3.89. The van der Waals surface area contributed by atoms with Crippen LogP contribution in [0, 0.1) is 0 Å². The predicted molar refractivity (Wildman–Crippen MR) is 143 cm³/mol. The van der Waals surface area contributed by atoms with Gasteiger partial charge in [-0.25, -0.2) is 13.4 Å². The molecule has 11 heteroatoms. The van der Waals surface area contributed by atoms with E-state index in [2.05, 4.69) is 0 Å². The highest BCUT2D eigenvalue weighted by Crippen LogP contribution is 2.35. The molecule has 1 amide bonds. The fourth-order valence-corrected chi connectivity index (χ4v) is 6.41. The Morgan fingerprint density at radius 2 is 1.77 bits per heavy atom. The van der Waals surface area contributed by atoms with Gasteiger partial charge in [0.25, 0.3) is 5.91 Å². The molecule has 190 valence electrons. The molecule has 1 aromatic heterocycles. The second-order valence-electron chi connectivity index (χ2n) is 8.43. The molecule has 0 atom stereocenters. The first kappa shape index (κ1) is 27.3. The van der Waals surface area contributed by atoms with Crippen molar-refractivity contribution in [3.63, 3.8) is 0 Å². The van der Waals surface area contributed by atoms with E-state index in [1.54, 1.807) is 17.0 Å². The van der Waals surface area contributed by atoms with Crippen LogP contribution in [0.3, 0.4) is 0 Å². The zero-order chi connectivity index (χ0) is 24.3. The van der Waals surface area contributed by atoms with Gasteiger partial charge in [0.1, 0.15) is 11.3 Å². The van der Waals surface area contributed by atoms with Crippen LogP contribution in [-0.2, 0) is 10.0 Å². The number of likely N-dealkylation sites (N-methyl/N-ethyl adjacent to an activating group) is 1. The third-order valence-corrected chi connectivity index (χ3v) is 8.68. The SMILES string of the molecule is CCOc1cccc2sc(N(CCN(C)C)C(=O)c3ccc(S(=O)(=O)N4CCCC4)cc3)nc12.Cl. The van der Waals surface area contributed by atoms with E-state index in [9.17, 15) is 13.2 Å². The molecule has 0 aliphatic carbocycles. The molecule has 1 saturated heterocycles. The standard InChI is InChI=1S/C24H30N4O4S2.ClH/c1-4-32-20-8-7-9-21-22(20)25-24(33-21)28(17-16-26(2)3)23(29)18-10-12-19(13-11-18)34(30,31)27-14-5-6-15-27;/h7-13H,4-6,14-17H2,1-3H3;1H. The summed E-state index contributed by atoms with van der Waals surface area (Å²) in [5.41, 5.74) is 1.16. The van der Waals surface area contributed by atoms with Gasteiger partial charge in [-0.3, -0.25) is 9.69 Å². The number of aromatic nitrogens is 1. The highest BCUT2D eigenvalue weighted by molar-refractivity contribution is 7.89. The van der Waals surface area contributed by atoms with Crippen LogP contribution >= 0.6 is 23.7 Å². The lowest BCUT2D eigenvalue weighted by molar-refractivity contribution is 0.0985. The molecule has 0 bridgehead atoms. The van der Waals surface area contributed by atoms with Crippen molar-refractivity contribution in [1.82, 2.24) is 14.2 Å². The molecule has 0 spiro atoms. The van der Waals surface area contributed by atoms with Crippen molar-refractivity contribution in [2.45, 2.75) is 24.7 Å². The van der Waals surface area contributed by atoms with Gasteiger partial charge in [-0.05, 0) is 70.3 Å². The number of halogens is 1. The highest BCUT2D eigenvalue weighted by Gasteiger charge is 2.28. The number of carbonyl (C=O) groups excluding carboxylic acids is 1. The summed E-state index contributed by atoms with van der Waals surface area (Å²) < 4.78 is 33.8. The zero-order valence-corrected chi connectivity index (χ0v) is 22.6. The molecule has 0 N–H and O–H groups in total. The largest absolute Gasteiger partial charge is 0.492 e. The number of ether oxygens (including phenoxy) is 1. The Hall–Kier alpha value is -2.24. The fraction of sp³-hybridized carbons (Fsp3) is 0.417. The molecule has 8 nitrogen and oxygen atoms in total. The molecule has 0 unspecified atom stereocenters. The summed E-state index contributed by atoms with van der Waals surface area (Å²) in [5.74, 6) is 0.475. The van der Waals surface area contributed by atoms with E-state index in [4.69, 9.17) is 9.72 Å². The second-order valence-corrected chi connectivity index (χ2v) is 11.4. The zero-order valence-electron chi connectivity index (χ0n) is 20.1. The minimum atomic E-state index is -3.53. The number of anilines is 1.